The van der Waals surface area contributed by atoms with Gasteiger partial charge in [-0.2, -0.15) is 0 Å². The van der Waals surface area contributed by atoms with Gasteiger partial charge in [0.1, 0.15) is 16.5 Å². The quantitative estimate of drug-likeness (QED) is 0.880. The highest BCUT2D eigenvalue weighted by atomic mass is 32.1. The summed E-state index contributed by atoms with van der Waals surface area (Å²) in [5.74, 6) is 0.215. The molecule has 0 saturated heterocycles. The zero-order valence-electron chi connectivity index (χ0n) is 12.2. The van der Waals surface area contributed by atoms with Crippen molar-refractivity contribution in [1.29, 1.82) is 0 Å². The Labute approximate surface area is 128 Å². The molecule has 2 rings (SSSR count). The Morgan fingerprint density at radius 1 is 1.33 bits per heavy atom. The molecule has 0 aliphatic rings. The molecule has 110 valence electrons. The summed E-state index contributed by atoms with van der Waals surface area (Å²) >= 11 is 4.96. The van der Waals surface area contributed by atoms with E-state index in [1.165, 1.54) is 6.07 Å². The molecular weight excluding hydrogens is 287 g/mol. The number of aryl methyl sites for hydroxylation is 1. The second kappa shape index (κ2) is 6.13. The molecule has 2 aromatic rings. The molecule has 0 aliphatic carbocycles. The zero-order chi connectivity index (χ0) is 15.6. The highest BCUT2D eigenvalue weighted by Gasteiger charge is 2.18. The largest absolute Gasteiger partial charge is 0.388 e. The maximum Gasteiger partial charge on any atom is 0.226 e. The summed E-state index contributed by atoms with van der Waals surface area (Å²) < 4.78 is 13.9. The number of rotatable bonds is 4. The van der Waals surface area contributed by atoms with Crippen molar-refractivity contribution in [2.75, 3.05) is 11.9 Å². The van der Waals surface area contributed by atoms with Crippen LogP contribution >= 0.6 is 12.2 Å². The fraction of sp³-hybridized carbons (Fsp3) is 0.267. The van der Waals surface area contributed by atoms with Gasteiger partial charge in [0.15, 0.2) is 0 Å². The molecule has 1 unspecified atom stereocenters. The van der Waals surface area contributed by atoms with E-state index in [-0.39, 0.29) is 16.8 Å². The summed E-state index contributed by atoms with van der Waals surface area (Å²) in [6.45, 7) is 3.74. The lowest BCUT2D eigenvalue weighted by Crippen LogP contribution is -2.26. The van der Waals surface area contributed by atoms with Crippen LogP contribution < -0.4 is 10.6 Å². The maximum absolute atomic E-state index is 13.9. The highest BCUT2D eigenvalue weighted by molar-refractivity contribution is 7.80. The molecule has 21 heavy (non-hydrogen) atoms. The molecule has 4 nitrogen and oxygen atoms in total. The molecule has 0 saturated carbocycles. The van der Waals surface area contributed by atoms with E-state index < -0.39 is 0 Å². The lowest BCUT2D eigenvalue weighted by Gasteiger charge is -2.26. The molecule has 0 bridgehead atoms. The second-order valence-electron chi connectivity index (χ2n) is 4.87. The number of hydrogen-bond acceptors (Lipinski definition) is 4. The van der Waals surface area contributed by atoms with Crippen LogP contribution in [0.1, 0.15) is 29.9 Å². The van der Waals surface area contributed by atoms with E-state index in [4.69, 9.17) is 18.0 Å². The maximum atomic E-state index is 13.9. The number of halogens is 1. The van der Waals surface area contributed by atoms with Crippen LogP contribution in [0.25, 0.3) is 0 Å². The molecule has 1 heterocycles. The lowest BCUT2D eigenvalue weighted by atomic mass is 10.1. The average Bonchev–Trinajstić information content (AvgIpc) is 2.45. The first-order chi connectivity index (χ1) is 9.90. The molecule has 6 heteroatoms. The van der Waals surface area contributed by atoms with E-state index in [9.17, 15) is 4.39 Å². The van der Waals surface area contributed by atoms with Crippen molar-refractivity contribution in [3.05, 3.63) is 53.1 Å². The summed E-state index contributed by atoms with van der Waals surface area (Å²) in [4.78, 5) is 10.7. The van der Waals surface area contributed by atoms with E-state index in [1.807, 2.05) is 20.9 Å². The average molecular weight is 304 g/mol. The number of benzene rings is 1. The van der Waals surface area contributed by atoms with Crippen LogP contribution in [0.15, 0.2) is 30.3 Å². The summed E-state index contributed by atoms with van der Waals surface area (Å²) in [7, 11) is 1.81. The molecule has 0 fully saturated rings. The minimum Gasteiger partial charge on any atom is -0.388 e. The molecule has 0 spiro atoms. The van der Waals surface area contributed by atoms with Crippen LogP contribution in [0.4, 0.5) is 10.3 Å². The first kappa shape index (κ1) is 15.3. The summed E-state index contributed by atoms with van der Waals surface area (Å²) in [5, 5.41) is 0. The molecule has 0 amide bonds. The molecule has 2 N–H and O–H groups in total. The van der Waals surface area contributed by atoms with E-state index in [2.05, 4.69) is 9.97 Å². The van der Waals surface area contributed by atoms with Gasteiger partial charge >= 0.3 is 0 Å². The Morgan fingerprint density at radius 2 is 2.00 bits per heavy atom. The summed E-state index contributed by atoms with van der Waals surface area (Å²) in [6, 6.07) is 8.18. The van der Waals surface area contributed by atoms with Crippen LogP contribution in [-0.4, -0.2) is 22.0 Å². The van der Waals surface area contributed by atoms with Crippen molar-refractivity contribution < 1.29 is 4.39 Å². The van der Waals surface area contributed by atoms with E-state index in [1.54, 1.807) is 29.2 Å². The van der Waals surface area contributed by atoms with Crippen molar-refractivity contribution in [1.82, 2.24) is 9.97 Å². The Balaban J connectivity index is 2.38. The predicted molar refractivity (Wildman–Crippen MR) is 85.9 cm³/mol. The van der Waals surface area contributed by atoms with Crippen molar-refractivity contribution in [2.24, 2.45) is 5.73 Å². The SMILES string of the molecule is Cc1cc(C(N)=S)nc(N(C)C(C)c2ccccc2F)n1. The van der Waals surface area contributed by atoms with Crippen LogP contribution in [0.3, 0.4) is 0 Å². The number of nitrogens with two attached hydrogens (primary N) is 1. The Hall–Kier alpha value is -2.08. The van der Waals surface area contributed by atoms with Crippen molar-refractivity contribution >= 4 is 23.2 Å². The van der Waals surface area contributed by atoms with Gasteiger partial charge in [-0.15, -0.1) is 0 Å². The molecule has 1 atom stereocenters. The zero-order valence-corrected chi connectivity index (χ0v) is 13.0. The van der Waals surface area contributed by atoms with Gasteiger partial charge in [-0.1, -0.05) is 30.4 Å². The van der Waals surface area contributed by atoms with E-state index >= 15 is 0 Å². The summed E-state index contributed by atoms with van der Waals surface area (Å²) in [5.41, 5.74) is 7.48. The third kappa shape index (κ3) is 3.33. The van der Waals surface area contributed by atoms with E-state index in [0.717, 1.165) is 5.69 Å². The smallest absolute Gasteiger partial charge is 0.226 e. The van der Waals surface area contributed by atoms with Crippen LogP contribution in [0, 0.1) is 12.7 Å². The second-order valence-corrected chi connectivity index (χ2v) is 5.31. The number of aromatic nitrogens is 2. The molecule has 0 aliphatic heterocycles. The Kier molecular flexibility index (Phi) is 4.47. The van der Waals surface area contributed by atoms with Gasteiger partial charge in [-0.3, -0.25) is 0 Å². The van der Waals surface area contributed by atoms with Gasteiger partial charge in [-0.25, -0.2) is 14.4 Å². The normalized spacial score (nSPS) is 12.0. The standard InChI is InChI=1S/C15H17FN4S/c1-9-8-13(14(17)21)19-15(18-9)20(3)10(2)11-6-4-5-7-12(11)16/h4-8,10H,1-3H3,(H2,17,21). The minimum atomic E-state index is -0.251. The van der Waals surface area contributed by atoms with Gasteiger partial charge < -0.3 is 10.6 Å². The summed E-state index contributed by atoms with van der Waals surface area (Å²) in [6.07, 6.45) is 0. The van der Waals surface area contributed by atoms with Gasteiger partial charge in [0.2, 0.25) is 5.95 Å². The first-order valence-electron chi connectivity index (χ1n) is 6.53. The van der Waals surface area contributed by atoms with Crippen molar-refractivity contribution in [3.8, 4) is 0 Å². The number of nitrogens with zero attached hydrogens (tertiary/aromatic N) is 3. The van der Waals surface area contributed by atoms with Gasteiger partial charge in [0.25, 0.3) is 0 Å². The Morgan fingerprint density at radius 3 is 2.62 bits per heavy atom. The number of hydrogen-bond donors (Lipinski definition) is 1. The third-order valence-electron chi connectivity index (χ3n) is 3.35. The van der Waals surface area contributed by atoms with Crippen molar-refractivity contribution in [3.63, 3.8) is 0 Å². The van der Waals surface area contributed by atoms with Gasteiger partial charge in [0, 0.05) is 18.3 Å². The van der Waals surface area contributed by atoms with Crippen LogP contribution in [-0.2, 0) is 0 Å². The number of thiocarbonyl (C=S) groups is 1. The van der Waals surface area contributed by atoms with Crippen LogP contribution in [0.5, 0.6) is 0 Å². The molecule has 1 aromatic carbocycles. The fourth-order valence-corrected chi connectivity index (χ4v) is 2.14. The molecular formula is C15H17FN4S. The topological polar surface area (TPSA) is 55.0 Å². The lowest BCUT2D eigenvalue weighted by molar-refractivity contribution is 0.582. The van der Waals surface area contributed by atoms with E-state index in [0.29, 0.717) is 17.2 Å². The molecule has 0 radical (unpaired) electrons. The predicted octanol–water partition coefficient (Wildman–Crippen LogP) is 2.76. The first-order valence-corrected chi connectivity index (χ1v) is 6.93. The highest BCUT2D eigenvalue weighted by Crippen LogP contribution is 2.24. The Bertz CT molecular complexity index is 674. The van der Waals surface area contributed by atoms with Gasteiger partial charge in [-0.05, 0) is 26.0 Å². The minimum absolute atomic E-state index is 0.216. The third-order valence-corrected chi connectivity index (χ3v) is 3.56. The number of anilines is 1. The fourth-order valence-electron chi connectivity index (χ4n) is 2.03. The molecule has 1 aromatic heterocycles. The van der Waals surface area contributed by atoms with Crippen molar-refractivity contribution in [2.45, 2.75) is 19.9 Å². The van der Waals surface area contributed by atoms with Crippen LogP contribution in [0.2, 0.25) is 0 Å². The van der Waals surface area contributed by atoms with Gasteiger partial charge in [0.05, 0.1) is 6.04 Å². The monoisotopic (exact) mass is 304 g/mol.